The van der Waals surface area contributed by atoms with E-state index < -0.39 is 0 Å². The minimum Gasteiger partial charge on any atom is -0.356 e. The number of hydrogen-bond donors (Lipinski definition) is 2. The van der Waals surface area contributed by atoms with Gasteiger partial charge in [-0.25, -0.2) is 0 Å². The molecule has 17 heavy (non-hydrogen) atoms. The first kappa shape index (κ1) is 12.8. The van der Waals surface area contributed by atoms with E-state index in [-0.39, 0.29) is 11.8 Å². The Balaban J connectivity index is 1.59. The quantitative estimate of drug-likeness (QED) is 0.748. The van der Waals surface area contributed by atoms with Crippen molar-refractivity contribution in [2.45, 2.75) is 25.7 Å². The Morgan fingerprint density at radius 3 is 3.00 bits per heavy atom. The zero-order chi connectivity index (χ0) is 12.1. The average molecular weight is 239 g/mol. The van der Waals surface area contributed by atoms with Crippen LogP contribution in [0.4, 0.5) is 0 Å². The van der Waals surface area contributed by atoms with E-state index in [1.807, 2.05) is 0 Å². The summed E-state index contributed by atoms with van der Waals surface area (Å²) in [6.07, 6.45) is 4.60. The van der Waals surface area contributed by atoms with E-state index in [2.05, 4.69) is 22.6 Å². The van der Waals surface area contributed by atoms with E-state index in [1.165, 1.54) is 19.5 Å². The van der Waals surface area contributed by atoms with Gasteiger partial charge in [-0.2, -0.15) is 0 Å². The molecule has 2 aliphatic rings. The SMILES string of the molecule is CN1CCC(CCNC(=O)C2CCCNC2)C1. The summed E-state index contributed by atoms with van der Waals surface area (Å²) < 4.78 is 0. The third-order valence-electron chi connectivity index (χ3n) is 4.01. The number of amides is 1. The van der Waals surface area contributed by atoms with Crippen molar-refractivity contribution in [2.75, 3.05) is 39.8 Å². The maximum Gasteiger partial charge on any atom is 0.224 e. The van der Waals surface area contributed by atoms with Gasteiger partial charge in [0, 0.05) is 19.6 Å². The van der Waals surface area contributed by atoms with Gasteiger partial charge in [0.2, 0.25) is 5.91 Å². The summed E-state index contributed by atoms with van der Waals surface area (Å²) in [7, 11) is 2.17. The molecule has 2 aliphatic heterocycles. The molecular formula is C13H25N3O. The Labute approximate surface area is 104 Å². The van der Waals surface area contributed by atoms with Crippen molar-refractivity contribution in [2.24, 2.45) is 11.8 Å². The molecule has 4 heteroatoms. The zero-order valence-corrected chi connectivity index (χ0v) is 10.9. The standard InChI is InChI=1S/C13H25N3O/c1-16-8-5-11(10-16)4-7-15-13(17)12-3-2-6-14-9-12/h11-12,14H,2-10H2,1H3,(H,15,17). The molecule has 0 aromatic carbocycles. The molecule has 2 atom stereocenters. The summed E-state index contributed by atoms with van der Waals surface area (Å²) in [4.78, 5) is 14.2. The molecule has 0 aromatic heterocycles. The van der Waals surface area contributed by atoms with Crippen LogP contribution in [0.15, 0.2) is 0 Å². The largest absolute Gasteiger partial charge is 0.356 e. The fraction of sp³-hybridized carbons (Fsp3) is 0.923. The predicted molar refractivity (Wildman–Crippen MR) is 68.8 cm³/mol. The number of hydrogen-bond acceptors (Lipinski definition) is 3. The lowest BCUT2D eigenvalue weighted by molar-refractivity contribution is -0.125. The number of rotatable bonds is 4. The fourth-order valence-corrected chi connectivity index (χ4v) is 2.88. The van der Waals surface area contributed by atoms with Crippen molar-refractivity contribution in [1.29, 1.82) is 0 Å². The van der Waals surface area contributed by atoms with E-state index in [0.29, 0.717) is 0 Å². The van der Waals surface area contributed by atoms with Crippen LogP contribution < -0.4 is 10.6 Å². The lowest BCUT2D eigenvalue weighted by Gasteiger charge is -2.22. The van der Waals surface area contributed by atoms with E-state index in [1.54, 1.807) is 0 Å². The highest BCUT2D eigenvalue weighted by atomic mass is 16.1. The van der Waals surface area contributed by atoms with Crippen LogP contribution in [-0.2, 0) is 4.79 Å². The third-order valence-corrected chi connectivity index (χ3v) is 4.01. The van der Waals surface area contributed by atoms with Gasteiger partial charge in [-0.1, -0.05) is 0 Å². The molecule has 98 valence electrons. The highest BCUT2D eigenvalue weighted by Crippen LogP contribution is 2.17. The van der Waals surface area contributed by atoms with Crippen molar-refractivity contribution in [3.05, 3.63) is 0 Å². The molecule has 0 bridgehead atoms. The maximum atomic E-state index is 11.9. The first-order chi connectivity index (χ1) is 8.25. The summed E-state index contributed by atoms with van der Waals surface area (Å²) >= 11 is 0. The van der Waals surface area contributed by atoms with Gasteiger partial charge in [-0.3, -0.25) is 4.79 Å². The summed E-state index contributed by atoms with van der Waals surface area (Å²) in [6, 6.07) is 0. The first-order valence-corrected chi connectivity index (χ1v) is 6.92. The van der Waals surface area contributed by atoms with E-state index in [9.17, 15) is 4.79 Å². The van der Waals surface area contributed by atoms with Crippen LogP contribution in [0.1, 0.15) is 25.7 Å². The van der Waals surface area contributed by atoms with Gasteiger partial charge in [-0.05, 0) is 51.7 Å². The van der Waals surface area contributed by atoms with Crippen molar-refractivity contribution < 1.29 is 4.79 Å². The Hall–Kier alpha value is -0.610. The number of likely N-dealkylation sites (tertiary alicyclic amines) is 1. The molecule has 2 rings (SSSR count). The molecule has 2 fully saturated rings. The lowest BCUT2D eigenvalue weighted by Crippen LogP contribution is -2.41. The number of carbonyl (C=O) groups is 1. The summed E-state index contributed by atoms with van der Waals surface area (Å²) in [5.74, 6) is 1.24. The number of nitrogens with zero attached hydrogens (tertiary/aromatic N) is 1. The van der Waals surface area contributed by atoms with E-state index >= 15 is 0 Å². The van der Waals surface area contributed by atoms with Gasteiger partial charge in [0.05, 0.1) is 5.92 Å². The van der Waals surface area contributed by atoms with Gasteiger partial charge in [-0.15, -0.1) is 0 Å². The number of nitrogens with one attached hydrogen (secondary N) is 2. The van der Waals surface area contributed by atoms with Gasteiger partial charge >= 0.3 is 0 Å². The second-order valence-electron chi connectivity index (χ2n) is 5.54. The molecule has 0 aliphatic carbocycles. The fourth-order valence-electron chi connectivity index (χ4n) is 2.88. The summed E-state index contributed by atoms with van der Waals surface area (Å²) in [6.45, 7) is 5.19. The van der Waals surface area contributed by atoms with Crippen LogP contribution in [0.2, 0.25) is 0 Å². The molecule has 2 saturated heterocycles. The van der Waals surface area contributed by atoms with Gasteiger partial charge < -0.3 is 15.5 Å². The lowest BCUT2D eigenvalue weighted by atomic mass is 9.98. The third kappa shape index (κ3) is 3.96. The maximum absolute atomic E-state index is 11.9. The van der Waals surface area contributed by atoms with Crippen LogP contribution in [0.5, 0.6) is 0 Å². The molecule has 2 N–H and O–H groups in total. The minimum absolute atomic E-state index is 0.204. The summed E-state index contributed by atoms with van der Waals surface area (Å²) in [5, 5.41) is 6.38. The highest BCUT2D eigenvalue weighted by molar-refractivity contribution is 5.78. The van der Waals surface area contributed by atoms with Crippen LogP contribution in [0.3, 0.4) is 0 Å². The molecule has 2 heterocycles. The Morgan fingerprint density at radius 2 is 2.35 bits per heavy atom. The second-order valence-corrected chi connectivity index (χ2v) is 5.54. The van der Waals surface area contributed by atoms with Crippen molar-refractivity contribution >= 4 is 5.91 Å². The molecule has 2 unspecified atom stereocenters. The van der Waals surface area contributed by atoms with Crippen LogP contribution in [-0.4, -0.2) is 50.6 Å². The summed E-state index contributed by atoms with van der Waals surface area (Å²) in [5.41, 5.74) is 0. The number of piperidine rings is 1. The second kappa shape index (κ2) is 6.36. The van der Waals surface area contributed by atoms with Crippen LogP contribution in [0.25, 0.3) is 0 Å². The van der Waals surface area contributed by atoms with Gasteiger partial charge in [0.15, 0.2) is 0 Å². The molecule has 0 spiro atoms. The van der Waals surface area contributed by atoms with Gasteiger partial charge in [0.25, 0.3) is 0 Å². The molecule has 4 nitrogen and oxygen atoms in total. The van der Waals surface area contributed by atoms with Gasteiger partial charge in [0.1, 0.15) is 0 Å². The first-order valence-electron chi connectivity index (χ1n) is 6.92. The van der Waals surface area contributed by atoms with Crippen LogP contribution in [0, 0.1) is 11.8 Å². The zero-order valence-electron chi connectivity index (χ0n) is 10.9. The van der Waals surface area contributed by atoms with Crippen LogP contribution >= 0.6 is 0 Å². The molecule has 0 radical (unpaired) electrons. The Bertz CT molecular complexity index is 251. The molecule has 1 amide bonds. The van der Waals surface area contributed by atoms with E-state index in [4.69, 9.17) is 0 Å². The predicted octanol–water partition coefficient (Wildman–Crippen LogP) is 0.444. The minimum atomic E-state index is 0.204. The molecular weight excluding hydrogens is 214 g/mol. The molecule has 0 saturated carbocycles. The topological polar surface area (TPSA) is 44.4 Å². The van der Waals surface area contributed by atoms with Crippen molar-refractivity contribution in [1.82, 2.24) is 15.5 Å². The average Bonchev–Trinajstić information content (AvgIpc) is 2.76. The van der Waals surface area contributed by atoms with E-state index in [0.717, 1.165) is 44.8 Å². The normalized spacial score (nSPS) is 30.4. The highest BCUT2D eigenvalue weighted by Gasteiger charge is 2.22. The monoisotopic (exact) mass is 239 g/mol. The van der Waals surface area contributed by atoms with Crippen molar-refractivity contribution in [3.63, 3.8) is 0 Å². The Kier molecular flexibility index (Phi) is 4.80. The Morgan fingerprint density at radius 1 is 1.47 bits per heavy atom. The molecule has 0 aromatic rings. The van der Waals surface area contributed by atoms with Crippen molar-refractivity contribution in [3.8, 4) is 0 Å². The number of carbonyl (C=O) groups excluding carboxylic acids is 1. The smallest absolute Gasteiger partial charge is 0.224 e.